The van der Waals surface area contributed by atoms with Crippen LogP contribution in [0.5, 0.6) is 5.75 Å². The van der Waals surface area contributed by atoms with Gasteiger partial charge >= 0.3 is 0 Å². The largest absolute Gasteiger partial charge is 0.508 e. The van der Waals surface area contributed by atoms with Crippen molar-refractivity contribution in [3.8, 4) is 5.75 Å². The van der Waals surface area contributed by atoms with Crippen molar-refractivity contribution in [3.05, 3.63) is 42.0 Å². The molecule has 0 heterocycles. The average Bonchev–Trinajstić information content (AvgIpc) is 2.16. The Labute approximate surface area is 83.0 Å². The van der Waals surface area contributed by atoms with Crippen LogP contribution in [-0.4, -0.2) is 5.11 Å². The number of aromatic hydroxyl groups is 1. The van der Waals surface area contributed by atoms with Crippen molar-refractivity contribution < 1.29 is 5.11 Å². The quantitative estimate of drug-likeness (QED) is 0.720. The maximum absolute atomic E-state index is 9.40. The van der Waals surface area contributed by atoms with Gasteiger partial charge in [0.15, 0.2) is 0 Å². The normalized spacial score (nSPS) is 13.0. The van der Waals surface area contributed by atoms with Crippen LogP contribution in [0.4, 0.5) is 0 Å². The zero-order valence-electron chi connectivity index (χ0n) is 8.07. The molecule has 0 aliphatic rings. The molecule has 0 unspecified atom stereocenters. The van der Waals surface area contributed by atoms with Crippen LogP contribution >= 0.6 is 0 Å². The van der Waals surface area contributed by atoms with Crippen LogP contribution in [0.1, 0.15) is 18.5 Å². The van der Waals surface area contributed by atoms with Crippen molar-refractivity contribution in [2.75, 3.05) is 0 Å². The van der Waals surface area contributed by atoms with Crippen molar-refractivity contribution in [3.63, 3.8) is 0 Å². The number of fused-ring (bicyclic) bond motifs is 1. The number of benzene rings is 2. The molecule has 0 aliphatic heterocycles. The van der Waals surface area contributed by atoms with Crippen molar-refractivity contribution in [2.24, 2.45) is 5.73 Å². The number of phenols is 1. The lowest BCUT2D eigenvalue weighted by atomic mass is 10.00. The van der Waals surface area contributed by atoms with Crippen molar-refractivity contribution in [2.45, 2.75) is 13.0 Å². The Kier molecular flexibility index (Phi) is 2.14. The summed E-state index contributed by atoms with van der Waals surface area (Å²) in [5.41, 5.74) is 6.92. The Hall–Kier alpha value is -1.54. The van der Waals surface area contributed by atoms with E-state index in [1.165, 1.54) is 0 Å². The summed E-state index contributed by atoms with van der Waals surface area (Å²) in [6, 6.07) is 11.3. The Morgan fingerprint density at radius 2 is 2.00 bits per heavy atom. The summed E-state index contributed by atoms with van der Waals surface area (Å²) in [6.07, 6.45) is 0. The summed E-state index contributed by atoms with van der Waals surface area (Å²) in [6.45, 7) is 1.94. The first-order valence-electron chi connectivity index (χ1n) is 4.66. The predicted molar refractivity (Wildman–Crippen MR) is 58.2 cm³/mol. The molecule has 0 bridgehead atoms. The third kappa shape index (κ3) is 1.44. The molecule has 14 heavy (non-hydrogen) atoms. The molecule has 2 aromatic rings. The second-order valence-corrected chi connectivity index (χ2v) is 3.54. The molecule has 0 saturated heterocycles. The SMILES string of the molecule is C[C@@H](N)c1cccc2ccc(O)cc12. The Morgan fingerprint density at radius 1 is 1.21 bits per heavy atom. The fraction of sp³-hybridized carbons (Fsp3) is 0.167. The fourth-order valence-electron chi connectivity index (χ4n) is 1.68. The van der Waals surface area contributed by atoms with Gasteiger partial charge in [-0.05, 0) is 35.4 Å². The highest BCUT2D eigenvalue weighted by Crippen LogP contribution is 2.26. The summed E-state index contributed by atoms with van der Waals surface area (Å²) < 4.78 is 0. The molecule has 0 amide bonds. The van der Waals surface area contributed by atoms with Gasteiger partial charge in [0.1, 0.15) is 5.75 Å². The molecular weight excluding hydrogens is 174 g/mol. The lowest BCUT2D eigenvalue weighted by molar-refractivity contribution is 0.476. The van der Waals surface area contributed by atoms with Gasteiger partial charge in [0.05, 0.1) is 0 Å². The first-order chi connectivity index (χ1) is 6.68. The number of rotatable bonds is 1. The summed E-state index contributed by atoms with van der Waals surface area (Å²) in [4.78, 5) is 0. The average molecular weight is 187 g/mol. The molecule has 3 N–H and O–H groups in total. The van der Waals surface area contributed by atoms with E-state index >= 15 is 0 Å². The monoisotopic (exact) mass is 187 g/mol. The molecule has 72 valence electrons. The minimum Gasteiger partial charge on any atom is -0.508 e. The minimum absolute atomic E-state index is 0.0134. The van der Waals surface area contributed by atoms with Gasteiger partial charge in [-0.1, -0.05) is 24.3 Å². The van der Waals surface area contributed by atoms with E-state index in [0.717, 1.165) is 16.3 Å². The molecule has 0 aromatic heterocycles. The molecule has 1 atom stereocenters. The summed E-state index contributed by atoms with van der Waals surface area (Å²) >= 11 is 0. The molecule has 0 fully saturated rings. The van der Waals surface area contributed by atoms with Crippen LogP contribution in [0.2, 0.25) is 0 Å². The smallest absolute Gasteiger partial charge is 0.116 e. The molecule has 2 nitrogen and oxygen atoms in total. The molecule has 2 rings (SSSR count). The van der Waals surface area contributed by atoms with E-state index in [4.69, 9.17) is 5.73 Å². The van der Waals surface area contributed by atoms with Crippen LogP contribution < -0.4 is 5.73 Å². The van der Waals surface area contributed by atoms with Gasteiger partial charge in [-0.3, -0.25) is 0 Å². The van der Waals surface area contributed by atoms with Crippen LogP contribution in [0.3, 0.4) is 0 Å². The second-order valence-electron chi connectivity index (χ2n) is 3.54. The lowest BCUT2D eigenvalue weighted by Crippen LogP contribution is -2.05. The third-order valence-corrected chi connectivity index (χ3v) is 2.39. The van der Waals surface area contributed by atoms with Crippen LogP contribution in [0.15, 0.2) is 36.4 Å². The highest BCUT2D eigenvalue weighted by atomic mass is 16.3. The van der Waals surface area contributed by atoms with Crippen LogP contribution in [0, 0.1) is 0 Å². The first-order valence-corrected chi connectivity index (χ1v) is 4.66. The summed E-state index contributed by atoms with van der Waals surface area (Å²) in [5, 5.41) is 11.5. The molecule has 0 spiro atoms. The summed E-state index contributed by atoms with van der Waals surface area (Å²) in [5.74, 6) is 0.283. The number of hydrogen-bond acceptors (Lipinski definition) is 2. The number of phenolic OH excluding ortho intramolecular Hbond substituents is 1. The Morgan fingerprint density at radius 3 is 2.71 bits per heavy atom. The molecule has 0 saturated carbocycles. The van der Waals surface area contributed by atoms with E-state index in [2.05, 4.69) is 0 Å². The standard InChI is InChI=1S/C12H13NO/c1-8(13)11-4-2-3-9-5-6-10(14)7-12(9)11/h2-8,14H,13H2,1H3/t8-/m1/s1. The lowest BCUT2D eigenvalue weighted by Gasteiger charge is -2.09. The third-order valence-electron chi connectivity index (χ3n) is 2.39. The molecule has 0 aliphatic carbocycles. The Bertz CT molecular complexity index is 463. The Balaban J connectivity index is 2.77. The van der Waals surface area contributed by atoms with Crippen LogP contribution in [0.25, 0.3) is 10.8 Å². The van der Waals surface area contributed by atoms with E-state index in [1.54, 1.807) is 12.1 Å². The van der Waals surface area contributed by atoms with Gasteiger partial charge in [0.25, 0.3) is 0 Å². The van der Waals surface area contributed by atoms with Gasteiger partial charge in [-0.25, -0.2) is 0 Å². The molecule has 2 heteroatoms. The van der Waals surface area contributed by atoms with E-state index in [-0.39, 0.29) is 11.8 Å². The van der Waals surface area contributed by atoms with Crippen molar-refractivity contribution in [1.29, 1.82) is 0 Å². The van der Waals surface area contributed by atoms with Gasteiger partial charge in [0, 0.05) is 6.04 Å². The maximum Gasteiger partial charge on any atom is 0.116 e. The van der Waals surface area contributed by atoms with E-state index < -0.39 is 0 Å². The van der Waals surface area contributed by atoms with Gasteiger partial charge in [0.2, 0.25) is 0 Å². The molecular formula is C12H13NO. The van der Waals surface area contributed by atoms with Gasteiger partial charge in [-0.15, -0.1) is 0 Å². The highest BCUT2D eigenvalue weighted by Gasteiger charge is 2.04. The minimum atomic E-state index is -0.0134. The molecule has 2 aromatic carbocycles. The van der Waals surface area contributed by atoms with E-state index in [1.807, 2.05) is 31.2 Å². The van der Waals surface area contributed by atoms with Crippen molar-refractivity contribution in [1.82, 2.24) is 0 Å². The fourth-order valence-corrected chi connectivity index (χ4v) is 1.68. The maximum atomic E-state index is 9.40. The van der Waals surface area contributed by atoms with Gasteiger partial charge in [-0.2, -0.15) is 0 Å². The predicted octanol–water partition coefficient (Wildman–Crippen LogP) is 2.57. The molecule has 0 radical (unpaired) electrons. The zero-order chi connectivity index (χ0) is 10.1. The topological polar surface area (TPSA) is 46.2 Å². The number of hydrogen-bond donors (Lipinski definition) is 2. The summed E-state index contributed by atoms with van der Waals surface area (Å²) in [7, 11) is 0. The van der Waals surface area contributed by atoms with Crippen LogP contribution in [-0.2, 0) is 0 Å². The zero-order valence-corrected chi connectivity index (χ0v) is 8.07. The van der Waals surface area contributed by atoms with E-state index in [0.29, 0.717) is 0 Å². The van der Waals surface area contributed by atoms with E-state index in [9.17, 15) is 5.11 Å². The highest BCUT2D eigenvalue weighted by molar-refractivity contribution is 5.87. The number of nitrogens with two attached hydrogens (primary N) is 1. The second kappa shape index (κ2) is 3.31. The van der Waals surface area contributed by atoms with Crippen molar-refractivity contribution >= 4 is 10.8 Å². The van der Waals surface area contributed by atoms with Gasteiger partial charge < -0.3 is 10.8 Å². The first kappa shape index (κ1) is 9.03.